The number of pyridine rings is 3. The molecule has 2 unspecified atom stereocenters. The highest BCUT2D eigenvalue weighted by atomic mass is 32.1. The zero-order valence-corrected chi connectivity index (χ0v) is 28.5. The van der Waals surface area contributed by atoms with Gasteiger partial charge in [0.05, 0.1) is 11.9 Å². The van der Waals surface area contributed by atoms with E-state index in [1.54, 1.807) is 6.20 Å². The van der Waals surface area contributed by atoms with Crippen molar-refractivity contribution in [1.29, 1.82) is 0 Å². The van der Waals surface area contributed by atoms with Crippen LogP contribution < -0.4 is 8.97 Å². The van der Waals surface area contributed by atoms with Crippen molar-refractivity contribution in [3.8, 4) is 11.4 Å². The lowest BCUT2D eigenvalue weighted by molar-refractivity contribution is -0.785. The van der Waals surface area contributed by atoms with Gasteiger partial charge >= 0.3 is 5.65 Å². The molecule has 0 radical (unpaired) electrons. The van der Waals surface area contributed by atoms with Crippen LogP contribution in [0.15, 0.2) is 91.9 Å². The number of thiophene rings is 1. The lowest BCUT2D eigenvalue weighted by Crippen LogP contribution is -2.81. The number of hydrogen-bond donors (Lipinski definition) is 0. The fourth-order valence-electron chi connectivity index (χ4n) is 9.43. The molecule has 2 aromatic carbocycles. The second kappa shape index (κ2) is 9.54. The molecule has 0 amide bonds. The lowest BCUT2D eigenvalue weighted by atomic mass is 9.53. The van der Waals surface area contributed by atoms with Crippen LogP contribution in [0.4, 0.5) is 0 Å². The van der Waals surface area contributed by atoms with Gasteiger partial charge in [-0.15, -0.1) is 11.3 Å². The van der Waals surface area contributed by atoms with E-state index in [0.29, 0.717) is 0 Å². The molecule has 6 nitrogen and oxygen atoms in total. The largest absolute Gasteiger partial charge is 0.354 e. The first-order chi connectivity index (χ1) is 23.5. The van der Waals surface area contributed by atoms with Gasteiger partial charge in [-0.25, -0.2) is 9.67 Å². The number of rotatable bonds is 5. The maximum atomic E-state index is 5.41. The molecule has 1 aliphatic carbocycles. The molecule has 0 bridgehead atoms. The van der Waals surface area contributed by atoms with E-state index in [4.69, 9.17) is 15.1 Å². The Hall–Kier alpha value is -5.01. The van der Waals surface area contributed by atoms with Gasteiger partial charge in [-0.2, -0.15) is 14.1 Å². The molecule has 0 saturated carbocycles. The van der Waals surface area contributed by atoms with Gasteiger partial charge < -0.3 is 0 Å². The van der Waals surface area contributed by atoms with E-state index in [1.165, 1.54) is 47.8 Å². The van der Waals surface area contributed by atoms with Crippen LogP contribution in [0.5, 0.6) is 0 Å². The maximum absolute atomic E-state index is 5.41. The Morgan fingerprint density at radius 3 is 2.54 bits per heavy atom. The number of aryl methyl sites for hydroxylation is 1. The van der Waals surface area contributed by atoms with Crippen LogP contribution in [-0.4, -0.2) is 19.7 Å². The Balaban J connectivity index is 1.45. The third kappa shape index (κ3) is 3.12. The van der Waals surface area contributed by atoms with Crippen molar-refractivity contribution >= 4 is 64.5 Å². The summed E-state index contributed by atoms with van der Waals surface area (Å²) in [5.41, 5.74) is 10.3. The fraction of sp³-hybridized carbons (Fsp3) is 0.244. The van der Waals surface area contributed by atoms with Crippen LogP contribution in [0.3, 0.4) is 0 Å². The first-order valence-corrected chi connectivity index (χ1v) is 18.0. The second-order valence-electron chi connectivity index (χ2n) is 13.6. The summed E-state index contributed by atoms with van der Waals surface area (Å²) in [5.74, 6) is 0. The standard InChI is InChI=1S/C41H36N6S/c1-6-11-25-13-14-26-28-21-29-27(22-36(28)48-35(26)20-25)32-16-15-30-39(43-18-17-42-30)46(32)38-37(29)40(7-2)41(38,8-3)45-19-10-9-12-33(45)34-23-31(24(4)5)44-47(34)40/h9-10,12-23H,4,6-8,11H2,1-3,5H3/q+2. The molecule has 0 N–H and O–H groups in total. The Kier molecular flexibility index (Phi) is 5.57. The minimum absolute atomic E-state index is 0.428. The summed E-state index contributed by atoms with van der Waals surface area (Å²) in [6.45, 7) is 13.3. The zero-order valence-electron chi connectivity index (χ0n) is 27.7. The Morgan fingerprint density at radius 2 is 1.73 bits per heavy atom. The predicted octanol–water partition coefficient (Wildman–Crippen LogP) is 8.66. The molecular weight excluding hydrogens is 609 g/mol. The molecule has 6 aromatic heterocycles. The van der Waals surface area contributed by atoms with E-state index in [1.807, 2.05) is 17.5 Å². The Bertz CT molecular complexity index is 2720. The summed E-state index contributed by atoms with van der Waals surface area (Å²) in [4.78, 5) is 9.80. The van der Waals surface area contributed by atoms with Crippen LogP contribution in [0.1, 0.15) is 69.5 Å². The lowest BCUT2D eigenvalue weighted by Gasteiger charge is -2.56. The van der Waals surface area contributed by atoms with Crippen molar-refractivity contribution in [2.45, 2.75) is 64.5 Å². The normalized spacial score (nSPS) is 19.4. The van der Waals surface area contributed by atoms with E-state index >= 15 is 0 Å². The number of allylic oxidation sites excluding steroid dienone is 1. The minimum Gasteiger partial charge on any atom is -0.244 e. The summed E-state index contributed by atoms with van der Waals surface area (Å²) in [6, 6.07) is 25.2. The quantitative estimate of drug-likeness (QED) is 0.139. The molecule has 234 valence electrons. The van der Waals surface area contributed by atoms with Gasteiger partial charge in [0.1, 0.15) is 11.2 Å². The van der Waals surface area contributed by atoms with Crippen molar-refractivity contribution in [3.63, 3.8) is 0 Å². The van der Waals surface area contributed by atoms with Gasteiger partial charge in [-0.3, -0.25) is 0 Å². The van der Waals surface area contributed by atoms with Crippen molar-refractivity contribution in [2.24, 2.45) is 0 Å². The molecular formula is C41H36N6S+2. The summed E-state index contributed by atoms with van der Waals surface area (Å²) in [7, 11) is 0. The van der Waals surface area contributed by atoms with Gasteiger partial charge in [0, 0.05) is 49.7 Å². The van der Waals surface area contributed by atoms with Gasteiger partial charge in [0.2, 0.25) is 5.69 Å². The number of aromatic nitrogens is 6. The third-order valence-electron chi connectivity index (χ3n) is 11.3. The number of benzene rings is 2. The Labute approximate surface area is 282 Å². The SMILES string of the molecule is C=C(C)c1cc2n(n1)C1(CC)c3c([n+]4c(ccc5nccnc54)c4cc5sc6cc(CCC)ccc6c5cc34)C1(CC)[n+]1ccccc1-2. The predicted molar refractivity (Wildman–Crippen MR) is 194 cm³/mol. The fourth-order valence-corrected chi connectivity index (χ4v) is 10.6. The maximum Gasteiger partial charge on any atom is 0.354 e. The average molecular weight is 645 g/mol. The highest BCUT2D eigenvalue weighted by molar-refractivity contribution is 7.25. The summed E-state index contributed by atoms with van der Waals surface area (Å²) in [5, 5.41) is 10.6. The van der Waals surface area contributed by atoms with E-state index < -0.39 is 11.1 Å². The third-order valence-corrected chi connectivity index (χ3v) is 12.4. The Morgan fingerprint density at radius 1 is 0.875 bits per heavy atom. The van der Waals surface area contributed by atoms with Gasteiger partial charge in [0.25, 0.3) is 5.54 Å². The van der Waals surface area contributed by atoms with E-state index in [0.717, 1.165) is 65.0 Å². The molecule has 7 heteroatoms. The molecule has 2 atom stereocenters. The molecule has 1 aliphatic heterocycles. The number of hydrogen-bond acceptors (Lipinski definition) is 4. The minimum atomic E-state index is -0.448. The summed E-state index contributed by atoms with van der Waals surface area (Å²) in [6.07, 6.45) is 9.90. The van der Waals surface area contributed by atoms with Gasteiger partial charge in [-0.05, 0) is 83.7 Å². The summed E-state index contributed by atoms with van der Waals surface area (Å²) < 4.78 is 10.0. The van der Waals surface area contributed by atoms with E-state index in [9.17, 15) is 0 Å². The molecule has 8 aromatic rings. The van der Waals surface area contributed by atoms with E-state index in [2.05, 4.69) is 121 Å². The van der Waals surface area contributed by atoms with Crippen molar-refractivity contribution in [2.75, 3.05) is 0 Å². The van der Waals surface area contributed by atoms with Gasteiger partial charge in [-0.1, -0.05) is 45.9 Å². The number of nitrogens with zero attached hydrogens (tertiary/aromatic N) is 6. The molecule has 10 rings (SSSR count). The first-order valence-electron chi connectivity index (χ1n) is 17.2. The number of fused-ring (bicyclic) bond motifs is 19. The molecule has 2 aliphatic rings. The van der Waals surface area contributed by atoms with E-state index in [-0.39, 0.29) is 0 Å². The topological polar surface area (TPSA) is 51.6 Å². The molecule has 0 fully saturated rings. The zero-order chi connectivity index (χ0) is 32.5. The second-order valence-corrected chi connectivity index (χ2v) is 14.7. The van der Waals surface area contributed by atoms with Gasteiger partial charge in [0.15, 0.2) is 29.1 Å². The van der Waals surface area contributed by atoms with Crippen molar-refractivity contribution in [3.05, 3.63) is 114 Å². The monoisotopic (exact) mass is 644 g/mol. The summed E-state index contributed by atoms with van der Waals surface area (Å²) >= 11 is 1.91. The molecule has 48 heavy (non-hydrogen) atoms. The first kappa shape index (κ1) is 28.0. The van der Waals surface area contributed by atoms with Crippen LogP contribution in [-0.2, 0) is 17.5 Å². The van der Waals surface area contributed by atoms with Crippen LogP contribution >= 0.6 is 11.3 Å². The average Bonchev–Trinajstić information content (AvgIpc) is 3.70. The highest BCUT2D eigenvalue weighted by Gasteiger charge is 2.77. The molecule has 7 heterocycles. The molecule has 0 spiro atoms. The van der Waals surface area contributed by atoms with Crippen LogP contribution in [0.2, 0.25) is 0 Å². The van der Waals surface area contributed by atoms with Crippen LogP contribution in [0.25, 0.3) is 64.6 Å². The smallest absolute Gasteiger partial charge is 0.244 e. The van der Waals surface area contributed by atoms with Crippen LogP contribution in [0, 0.1) is 0 Å². The molecule has 0 saturated heterocycles. The highest BCUT2D eigenvalue weighted by Crippen LogP contribution is 2.63. The van der Waals surface area contributed by atoms with Crippen molar-refractivity contribution < 1.29 is 8.97 Å². The van der Waals surface area contributed by atoms with Crippen molar-refractivity contribution in [1.82, 2.24) is 19.7 Å².